The number of aryl methyl sites for hydroxylation is 1. The van der Waals surface area contributed by atoms with Gasteiger partial charge in [0.05, 0.1) is 5.92 Å². The maximum absolute atomic E-state index is 12.6. The Balaban J connectivity index is 1.30. The van der Waals surface area contributed by atoms with E-state index in [1.54, 1.807) is 47.4 Å². The molecule has 0 aliphatic carbocycles. The summed E-state index contributed by atoms with van der Waals surface area (Å²) in [4.78, 5) is 39.0. The smallest absolute Gasteiger partial charge is 0.311 e. The number of benzene rings is 3. The monoisotopic (exact) mass is 534 g/mol. The van der Waals surface area contributed by atoms with Crippen molar-refractivity contribution in [1.82, 2.24) is 0 Å². The Morgan fingerprint density at radius 2 is 1.63 bits per heavy atom. The number of nitrogens with one attached hydrogen (secondary N) is 1. The van der Waals surface area contributed by atoms with Crippen molar-refractivity contribution in [1.29, 1.82) is 0 Å². The average molecular weight is 535 g/mol. The van der Waals surface area contributed by atoms with Crippen molar-refractivity contribution < 1.29 is 23.9 Å². The zero-order valence-corrected chi connectivity index (χ0v) is 22.7. The van der Waals surface area contributed by atoms with Gasteiger partial charge in [-0.15, -0.1) is 0 Å². The van der Waals surface area contributed by atoms with Gasteiger partial charge in [-0.1, -0.05) is 50.6 Å². The van der Waals surface area contributed by atoms with Crippen LogP contribution in [0.3, 0.4) is 0 Å². The van der Waals surface area contributed by atoms with Crippen LogP contribution in [-0.2, 0) is 24.5 Å². The average Bonchev–Trinajstić information content (AvgIpc) is 3.26. The molecule has 0 radical (unpaired) electrons. The molecule has 1 fully saturated rings. The Morgan fingerprint density at radius 1 is 1.00 bits per heavy atom. The standard InChI is InChI=1S/C30H31ClN2O5/c1-19-5-8-22(31)16-26(19)32-27(34)18-37-29(36)20-15-28(35)33(17-20)23-9-13-25(14-10-23)38-24-11-6-21(7-12-24)30(2,3)4/h5-14,16,20H,15,17-18H2,1-4H3,(H,32,34)/t20-/m1/s1. The molecule has 0 unspecified atom stereocenters. The predicted octanol–water partition coefficient (Wildman–Crippen LogP) is 6.27. The summed E-state index contributed by atoms with van der Waals surface area (Å²) in [7, 11) is 0. The fourth-order valence-corrected chi connectivity index (χ4v) is 4.31. The first kappa shape index (κ1) is 27.2. The SMILES string of the molecule is Cc1ccc(Cl)cc1NC(=O)COC(=O)[C@@H]1CC(=O)N(c2ccc(Oc3ccc(C(C)(C)C)cc3)cc2)C1. The lowest BCUT2D eigenvalue weighted by atomic mass is 9.87. The van der Waals surface area contributed by atoms with Crippen LogP contribution in [0.1, 0.15) is 38.3 Å². The van der Waals surface area contributed by atoms with Gasteiger partial charge in [-0.3, -0.25) is 14.4 Å². The second kappa shape index (κ2) is 11.3. The number of esters is 1. The summed E-state index contributed by atoms with van der Waals surface area (Å²) in [6.07, 6.45) is 0.0201. The van der Waals surface area contributed by atoms with E-state index in [9.17, 15) is 14.4 Å². The third-order valence-electron chi connectivity index (χ3n) is 6.38. The molecule has 0 saturated carbocycles. The number of hydrogen-bond donors (Lipinski definition) is 1. The van der Waals surface area contributed by atoms with Crippen LogP contribution < -0.4 is 15.0 Å². The summed E-state index contributed by atoms with van der Waals surface area (Å²) in [5, 5.41) is 3.17. The van der Waals surface area contributed by atoms with Gasteiger partial charge in [-0.2, -0.15) is 0 Å². The highest BCUT2D eigenvalue weighted by atomic mass is 35.5. The molecule has 1 atom stereocenters. The van der Waals surface area contributed by atoms with Crippen LogP contribution in [-0.4, -0.2) is 30.9 Å². The molecular weight excluding hydrogens is 504 g/mol. The van der Waals surface area contributed by atoms with E-state index in [0.717, 1.165) is 11.3 Å². The van der Waals surface area contributed by atoms with Crippen molar-refractivity contribution in [2.75, 3.05) is 23.4 Å². The molecule has 2 amide bonds. The predicted molar refractivity (Wildman–Crippen MR) is 148 cm³/mol. The molecule has 0 spiro atoms. The highest BCUT2D eigenvalue weighted by molar-refractivity contribution is 6.31. The van der Waals surface area contributed by atoms with E-state index < -0.39 is 24.4 Å². The summed E-state index contributed by atoms with van der Waals surface area (Å²) in [5.74, 6) is -0.537. The molecule has 1 N–H and O–H groups in total. The molecule has 3 aromatic rings. The minimum absolute atomic E-state index is 0.0201. The van der Waals surface area contributed by atoms with E-state index >= 15 is 0 Å². The van der Waals surface area contributed by atoms with Crippen molar-refractivity contribution in [3.63, 3.8) is 0 Å². The molecular formula is C30H31ClN2O5. The normalized spacial score (nSPS) is 15.3. The van der Waals surface area contributed by atoms with Gasteiger partial charge in [-0.05, 0) is 72.0 Å². The highest BCUT2D eigenvalue weighted by Gasteiger charge is 2.36. The van der Waals surface area contributed by atoms with E-state index in [4.69, 9.17) is 21.1 Å². The van der Waals surface area contributed by atoms with Crippen molar-refractivity contribution in [2.24, 2.45) is 5.92 Å². The Kier molecular flexibility index (Phi) is 8.07. The summed E-state index contributed by atoms with van der Waals surface area (Å²) in [6, 6.07) is 20.2. The molecule has 1 heterocycles. The zero-order valence-electron chi connectivity index (χ0n) is 21.9. The number of anilines is 2. The molecule has 38 heavy (non-hydrogen) atoms. The Bertz CT molecular complexity index is 1330. The van der Waals surface area contributed by atoms with Gasteiger partial charge >= 0.3 is 5.97 Å². The summed E-state index contributed by atoms with van der Waals surface area (Å²) in [5.41, 5.74) is 3.33. The number of amides is 2. The molecule has 7 nitrogen and oxygen atoms in total. The van der Waals surface area contributed by atoms with Gasteiger partial charge in [0.15, 0.2) is 6.61 Å². The van der Waals surface area contributed by atoms with Crippen LogP contribution in [0.5, 0.6) is 11.5 Å². The maximum atomic E-state index is 12.6. The molecule has 0 aromatic heterocycles. The van der Waals surface area contributed by atoms with E-state index in [1.165, 1.54) is 5.56 Å². The van der Waals surface area contributed by atoms with E-state index in [-0.39, 0.29) is 24.3 Å². The Hall–Kier alpha value is -3.84. The van der Waals surface area contributed by atoms with Gasteiger partial charge in [0.2, 0.25) is 5.91 Å². The first-order chi connectivity index (χ1) is 18.0. The quantitative estimate of drug-likeness (QED) is 0.361. The van der Waals surface area contributed by atoms with Crippen LogP contribution in [0, 0.1) is 12.8 Å². The molecule has 1 aliphatic rings. The molecule has 3 aromatic carbocycles. The first-order valence-electron chi connectivity index (χ1n) is 12.4. The van der Waals surface area contributed by atoms with Crippen LogP contribution in [0.25, 0.3) is 0 Å². The van der Waals surface area contributed by atoms with Crippen molar-refractivity contribution in [2.45, 2.75) is 39.5 Å². The van der Waals surface area contributed by atoms with Crippen molar-refractivity contribution in [3.05, 3.63) is 82.9 Å². The number of carbonyl (C=O) groups is 3. The number of nitrogens with zero attached hydrogens (tertiary/aromatic N) is 1. The minimum atomic E-state index is -0.652. The topological polar surface area (TPSA) is 84.9 Å². The third-order valence-corrected chi connectivity index (χ3v) is 6.62. The molecule has 198 valence electrons. The number of ether oxygens (including phenoxy) is 2. The van der Waals surface area contributed by atoms with E-state index in [2.05, 4.69) is 26.1 Å². The van der Waals surface area contributed by atoms with Gasteiger partial charge < -0.3 is 19.7 Å². The largest absolute Gasteiger partial charge is 0.457 e. The number of rotatable bonds is 7. The lowest BCUT2D eigenvalue weighted by Gasteiger charge is -2.19. The number of halogens is 1. The number of carbonyl (C=O) groups excluding carboxylic acids is 3. The minimum Gasteiger partial charge on any atom is -0.457 e. The lowest BCUT2D eigenvalue weighted by Crippen LogP contribution is -2.28. The summed E-state index contributed by atoms with van der Waals surface area (Å²) < 4.78 is 11.1. The maximum Gasteiger partial charge on any atom is 0.311 e. The molecule has 4 rings (SSSR count). The second-order valence-corrected chi connectivity index (χ2v) is 10.8. The Morgan fingerprint density at radius 3 is 2.26 bits per heavy atom. The zero-order chi connectivity index (χ0) is 27.4. The molecule has 1 aliphatic heterocycles. The third kappa shape index (κ3) is 6.72. The van der Waals surface area contributed by atoms with Gasteiger partial charge in [0.1, 0.15) is 11.5 Å². The van der Waals surface area contributed by atoms with Crippen molar-refractivity contribution in [3.8, 4) is 11.5 Å². The van der Waals surface area contributed by atoms with Gasteiger partial charge in [0.25, 0.3) is 5.91 Å². The highest BCUT2D eigenvalue weighted by Crippen LogP contribution is 2.30. The van der Waals surface area contributed by atoms with Gasteiger partial charge in [0, 0.05) is 29.4 Å². The number of hydrogen-bond acceptors (Lipinski definition) is 5. The Labute approximate surface area is 227 Å². The fourth-order valence-electron chi connectivity index (χ4n) is 4.14. The van der Waals surface area contributed by atoms with Crippen molar-refractivity contribution >= 4 is 40.8 Å². The molecule has 1 saturated heterocycles. The van der Waals surface area contributed by atoms with Crippen LogP contribution in [0.15, 0.2) is 66.7 Å². The van der Waals surface area contributed by atoms with E-state index in [0.29, 0.717) is 22.1 Å². The van der Waals surface area contributed by atoms with Crippen LogP contribution >= 0.6 is 11.6 Å². The van der Waals surface area contributed by atoms with Crippen LogP contribution in [0.4, 0.5) is 11.4 Å². The van der Waals surface area contributed by atoms with E-state index in [1.807, 2.05) is 31.2 Å². The fraction of sp³-hybridized carbons (Fsp3) is 0.300. The molecule has 0 bridgehead atoms. The summed E-state index contributed by atoms with van der Waals surface area (Å²) in [6.45, 7) is 8.04. The van der Waals surface area contributed by atoms with Gasteiger partial charge in [-0.25, -0.2) is 0 Å². The lowest BCUT2D eigenvalue weighted by molar-refractivity contribution is -0.151. The molecule has 8 heteroatoms. The van der Waals surface area contributed by atoms with Crippen LogP contribution in [0.2, 0.25) is 5.02 Å². The summed E-state index contributed by atoms with van der Waals surface area (Å²) >= 11 is 5.98. The second-order valence-electron chi connectivity index (χ2n) is 10.4. The first-order valence-corrected chi connectivity index (χ1v) is 12.8.